The SMILES string of the molecule is Cc1ccc(NC(=O)c2cc3cc(Cl)ccc3n2NC(=O)C(=O)Nc2cccc(Cl)c2C)cc1. The number of hydrogen-bond donors (Lipinski definition) is 3. The van der Waals surface area contributed by atoms with Gasteiger partial charge in [-0.3, -0.25) is 19.8 Å². The number of aromatic nitrogens is 1. The average molecular weight is 495 g/mol. The highest BCUT2D eigenvalue weighted by Crippen LogP contribution is 2.25. The third kappa shape index (κ3) is 4.90. The third-order valence-electron chi connectivity index (χ3n) is 5.24. The topological polar surface area (TPSA) is 92.2 Å². The van der Waals surface area contributed by atoms with Gasteiger partial charge in [0.05, 0.1) is 5.52 Å². The predicted octanol–water partition coefficient (Wildman–Crippen LogP) is 5.53. The number of anilines is 2. The van der Waals surface area contributed by atoms with Crippen molar-refractivity contribution in [3.05, 3.63) is 93.6 Å². The molecule has 1 aromatic heterocycles. The van der Waals surface area contributed by atoms with Gasteiger partial charge in [-0.15, -0.1) is 0 Å². The number of halogens is 2. The van der Waals surface area contributed by atoms with Crippen molar-refractivity contribution in [1.29, 1.82) is 0 Å². The highest BCUT2D eigenvalue weighted by Gasteiger charge is 2.22. The van der Waals surface area contributed by atoms with Crippen LogP contribution >= 0.6 is 23.2 Å². The van der Waals surface area contributed by atoms with E-state index in [-0.39, 0.29) is 5.69 Å². The lowest BCUT2D eigenvalue weighted by Crippen LogP contribution is -2.36. The van der Waals surface area contributed by atoms with Crippen molar-refractivity contribution < 1.29 is 14.4 Å². The second-order valence-electron chi connectivity index (χ2n) is 7.70. The number of carbonyl (C=O) groups is 3. The molecule has 3 aromatic carbocycles. The van der Waals surface area contributed by atoms with Crippen LogP contribution in [0.5, 0.6) is 0 Å². The maximum Gasteiger partial charge on any atom is 0.328 e. The zero-order chi connectivity index (χ0) is 24.4. The van der Waals surface area contributed by atoms with E-state index in [9.17, 15) is 14.4 Å². The van der Waals surface area contributed by atoms with Gasteiger partial charge in [0.2, 0.25) is 0 Å². The number of amides is 3. The van der Waals surface area contributed by atoms with Gasteiger partial charge < -0.3 is 10.6 Å². The molecule has 3 amide bonds. The number of rotatable bonds is 4. The van der Waals surface area contributed by atoms with Crippen molar-refractivity contribution in [1.82, 2.24) is 4.68 Å². The Kier molecular flexibility index (Phi) is 6.58. The first-order valence-corrected chi connectivity index (χ1v) is 11.0. The van der Waals surface area contributed by atoms with Gasteiger partial charge in [0.15, 0.2) is 0 Å². The number of nitrogens with zero attached hydrogens (tertiary/aromatic N) is 1. The van der Waals surface area contributed by atoms with Gasteiger partial charge in [0, 0.05) is 26.8 Å². The van der Waals surface area contributed by atoms with Crippen molar-refractivity contribution in [3.63, 3.8) is 0 Å². The van der Waals surface area contributed by atoms with E-state index in [1.165, 1.54) is 4.68 Å². The van der Waals surface area contributed by atoms with E-state index in [0.717, 1.165) is 5.56 Å². The van der Waals surface area contributed by atoms with Crippen molar-refractivity contribution in [2.75, 3.05) is 16.1 Å². The summed E-state index contributed by atoms with van der Waals surface area (Å²) in [7, 11) is 0. The van der Waals surface area contributed by atoms with E-state index in [4.69, 9.17) is 23.2 Å². The third-order valence-corrected chi connectivity index (χ3v) is 5.89. The van der Waals surface area contributed by atoms with Gasteiger partial charge in [-0.25, -0.2) is 4.68 Å². The molecule has 0 unspecified atom stereocenters. The smallest absolute Gasteiger partial charge is 0.321 e. The minimum Gasteiger partial charge on any atom is -0.321 e. The van der Waals surface area contributed by atoms with Crippen LogP contribution in [0.1, 0.15) is 21.6 Å². The second kappa shape index (κ2) is 9.59. The molecule has 0 saturated heterocycles. The maximum absolute atomic E-state index is 13.1. The number of benzene rings is 3. The van der Waals surface area contributed by atoms with Crippen molar-refractivity contribution in [3.8, 4) is 0 Å². The molecule has 0 aliphatic carbocycles. The van der Waals surface area contributed by atoms with Crippen molar-refractivity contribution in [2.24, 2.45) is 0 Å². The highest BCUT2D eigenvalue weighted by molar-refractivity contribution is 6.43. The van der Waals surface area contributed by atoms with Crippen LogP contribution in [-0.4, -0.2) is 22.4 Å². The van der Waals surface area contributed by atoms with Gasteiger partial charge >= 0.3 is 11.8 Å². The molecule has 0 aliphatic heterocycles. The fourth-order valence-corrected chi connectivity index (χ4v) is 3.74. The van der Waals surface area contributed by atoms with E-state index in [2.05, 4.69) is 16.1 Å². The summed E-state index contributed by atoms with van der Waals surface area (Å²) in [4.78, 5) is 38.4. The Bertz CT molecular complexity index is 1430. The molecule has 7 nitrogen and oxygen atoms in total. The standard InChI is InChI=1S/C25H20Cl2N4O3/c1-14-6-9-18(10-7-14)28-23(32)22-13-16-12-17(26)8-11-21(16)31(22)30-25(34)24(33)29-20-5-3-4-19(27)15(20)2/h3-13H,1-2H3,(H,28,32)(H,29,33)(H,30,34). The quantitative estimate of drug-likeness (QED) is 0.326. The molecule has 0 radical (unpaired) electrons. The fourth-order valence-electron chi connectivity index (χ4n) is 3.38. The summed E-state index contributed by atoms with van der Waals surface area (Å²) >= 11 is 12.2. The normalized spacial score (nSPS) is 10.7. The Hall–Kier alpha value is -3.81. The molecule has 4 aromatic rings. The van der Waals surface area contributed by atoms with Gasteiger partial charge in [0.25, 0.3) is 5.91 Å². The summed E-state index contributed by atoms with van der Waals surface area (Å²) in [5.41, 5.74) is 5.81. The number of nitrogens with one attached hydrogen (secondary N) is 3. The molecule has 1 heterocycles. The molecule has 9 heteroatoms. The van der Waals surface area contributed by atoms with Crippen LogP contribution in [0.15, 0.2) is 66.7 Å². The van der Waals surface area contributed by atoms with Crippen LogP contribution in [0.4, 0.5) is 11.4 Å². The first-order chi connectivity index (χ1) is 16.2. The molecule has 0 spiro atoms. The Labute approximate surface area is 205 Å². The van der Waals surface area contributed by atoms with Crippen LogP contribution in [0.25, 0.3) is 10.9 Å². The van der Waals surface area contributed by atoms with Crippen LogP contribution in [0.3, 0.4) is 0 Å². The Balaban J connectivity index is 1.63. The van der Waals surface area contributed by atoms with Crippen LogP contribution < -0.4 is 16.1 Å². The Morgan fingerprint density at radius 3 is 2.29 bits per heavy atom. The largest absolute Gasteiger partial charge is 0.328 e. The van der Waals surface area contributed by atoms with E-state index < -0.39 is 17.7 Å². The molecule has 0 bridgehead atoms. The summed E-state index contributed by atoms with van der Waals surface area (Å²) in [6, 6.07) is 18.8. The molecule has 172 valence electrons. The van der Waals surface area contributed by atoms with E-state index in [1.54, 1.807) is 61.5 Å². The average Bonchev–Trinajstić information content (AvgIpc) is 3.15. The zero-order valence-corrected chi connectivity index (χ0v) is 19.8. The molecule has 0 atom stereocenters. The molecule has 4 rings (SSSR count). The van der Waals surface area contributed by atoms with Crippen molar-refractivity contribution >= 4 is 63.2 Å². The summed E-state index contributed by atoms with van der Waals surface area (Å²) in [6.07, 6.45) is 0. The minimum absolute atomic E-state index is 0.123. The van der Waals surface area contributed by atoms with Gasteiger partial charge in [0.1, 0.15) is 5.69 Å². The lowest BCUT2D eigenvalue weighted by molar-refractivity contribution is -0.133. The van der Waals surface area contributed by atoms with E-state index in [1.807, 2.05) is 19.1 Å². The van der Waals surface area contributed by atoms with Gasteiger partial charge in [-0.2, -0.15) is 0 Å². The monoisotopic (exact) mass is 494 g/mol. The minimum atomic E-state index is -0.962. The Morgan fingerprint density at radius 2 is 1.56 bits per heavy atom. The summed E-state index contributed by atoms with van der Waals surface area (Å²) in [5, 5.41) is 6.89. The molecule has 3 N–H and O–H groups in total. The fraction of sp³-hybridized carbons (Fsp3) is 0.0800. The first-order valence-electron chi connectivity index (χ1n) is 10.3. The Morgan fingerprint density at radius 1 is 0.824 bits per heavy atom. The van der Waals surface area contributed by atoms with Crippen LogP contribution in [-0.2, 0) is 9.59 Å². The summed E-state index contributed by atoms with van der Waals surface area (Å²) < 4.78 is 1.27. The first kappa shape index (κ1) is 23.4. The van der Waals surface area contributed by atoms with Gasteiger partial charge in [-0.05, 0) is 67.9 Å². The van der Waals surface area contributed by atoms with Crippen molar-refractivity contribution in [2.45, 2.75) is 13.8 Å². The van der Waals surface area contributed by atoms with Crippen LogP contribution in [0.2, 0.25) is 10.0 Å². The van der Waals surface area contributed by atoms with E-state index in [0.29, 0.717) is 37.9 Å². The zero-order valence-electron chi connectivity index (χ0n) is 18.3. The molecule has 0 fully saturated rings. The summed E-state index contributed by atoms with van der Waals surface area (Å²) in [6.45, 7) is 3.67. The molecule has 34 heavy (non-hydrogen) atoms. The second-order valence-corrected chi connectivity index (χ2v) is 8.54. The van der Waals surface area contributed by atoms with Crippen LogP contribution in [0, 0.1) is 13.8 Å². The molecular formula is C25H20Cl2N4O3. The maximum atomic E-state index is 13.1. The molecule has 0 saturated carbocycles. The van der Waals surface area contributed by atoms with Gasteiger partial charge in [-0.1, -0.05) is 47.0 Å². The predicted molar refractivity (Wildman–Crippen MR) is 135 cm³/mol. The number of carbonyl (C=O) groups excluding carboxylic acids is 3. The highest BCUT2D eigenvalue weighted by atomic mass is 35.5. The number of fused-ring (bicyclic) bond motifs is 1. The molecule has 0 aliphatic rings. The number of hydrogen-bond acceptors (Lipinski definition) is 3. The lowest BCUT2D eigenvalue weighted by atomic mass is 10.2. The lowest BCUT2D eigenvalue weighted by Gasteiger charge is -2.13. The number of aryl methyl sites for hydroxylation is 1. The van der Waals surface area contributed by atoms with E-state index >= 15 is 0 Å². The summed E-state index contributed by atoms with van der Waals surface area (Å²) in [5.74, 6) is -2.34. The molecular weight excluding hydrogens is 475 g/mol.